The molecule has 1 amide bonds. The molecule has 0 aliphatic heterocycles. The van der Waals surface area contributed by atoms with Crippen LogP contribution in [-0.4, -0.2) is 28.3 Å². The van der Waals surface area contributed by atoms with E-state index in [0.717, 1.165) is 25.7 Å². The Balaban J connectivity index is 2.07. The van der Waals surface area contributed by atoms with Crippen molar-refractivity contribution in [3.63, 3.8) is 0 Å². The first-order valence-electron chi connectivity index (χ1n) is 6.41. The largest absolute Gasteiger partial charge is 0.394 e. The summed E-state index contributed by atoms with van der Waals surface area (Å²) >= 11 is 0. The highest BCUT2D eigenvalue weighted by molar-refractivity contribution is 5.95. The van der Waals surface area contributed by atoms with Crippen LogP contribution in [0.4, 0.5) is 0 Å². The Kier molecular flexibility index (Phi) is 3.71. The highest BCUT2D eigenvalue weighted by atomic mass is 16.5. The first-order valence-corrected chi connectivity index (χ1v) is 6.41. The molecular formula is C13H20N2O3. The Bertz CT molecular complexity index is 420. The van der Waals surface area contributed by atoms with Gasteiger partial charge >= 0.3 is 0 Å². The van der Waals surface area contributed by atoms with Gasteiger partial charge in [-0.3, -0.25) is 4.79 Å². The van der Waals surface area contributed by atoms with Crippen molar-refractivity contribution >= 4 is 5.91 Å². The van der Waals surface area contributed by atoms with E-state index in [-0.39, 0.29) is 12.5 Å². The van der Waals surface area contributed by atoms with E-state index in [1.807, 2.05) is 0 Å². The molecule has 1 saturated carbocycles. The maximum atomic E-state index is 12.1. The summed E-state index contributed by atoms with van der Waals surface area (Å²) in [5.74, 6) is 0.959. The molecule has 5 nitrogen and oxygen atoms in total. The third-order valence-corrected chi connectivity index (χ3v) is 3.91. The number of nitrogens with one attached hydrogen (secondary N) is 1. The van der Waals surface area contributed by atoms with Crippen molar-refractivity contribution in [3.8, 4) is 0 Å². The van der Waals surface area contributed by atoms with Crippen LogP contribution in [0.25, 0.3) is 0 Å². The van der Waals surface area contributed by atoms with E-state index < -0.39 is 5.54 Å². The summed E-state index contributed by atoms with van der Waals surface area (Å²) in [7, 11) is 0. The molecule has 2 N–H and O–H groups in total. The molecule has 0 aromatic carbocycles. The number of rotatable bonds is 3. The van der Waals surface area contributed by atoms with Crippen molar-refractivity contribution in [1.29, 1.82) is 0 Å². The Morgan fingerprint density at radius 3 is 2.78 bits per heavy atom. The van der Waals surface area contributed by atoms with Crippen molar-refractivity contribution in [2.75, 3.05) is 6.61 Å². The maximum Gasteiger partial charge on any atom is 0.257 e. The maximum absolute atomic E-state index is 12.1. The van der Waals surface area contributed by atoms with Gasteiger partial charge in [-0.2, -0.15) is 0 Å². The normalized spacial score (nSPS) is 28.1. The summed E-state index contributed by atoms with van der Waals surface area (Å²) in [4.78, 5) is 12.1. The predicted octanol–water partition coefficient (Wildman–Crippen LogP) is 1.65. The molecule has 5 heteroatoms. The van der Waals surface area contributed by atoms with E-state index >= 15 is 0 Å². The number of amides is 1. The zero-order chi connectivity index (χ0) is 13.2. The molecule has 1 aromatic heterocycles. The fraction of sp³-hybridized carbons (Fsp3) is 0.692. The molecule has 0 radical (unpaired) electrons. The van der Waals surface area contributed by atoms with Gasteiger partial charge in [0, 0.05) is 0 Å². The van der Waals surface area contributed by atoms with E-state index in [2.05, 4.69) is 17.4 Å². The summed E-state index contributed by atoms with van der Waals surface area (Å²) in [5.41, 5.74) is -0.0331. The molecule has 1 fully saturated rings. The van der Waals surface area contributed by atoms with Gasteiger partial charge in [-0.1, -0.05) is 12.1 Å². The zero-order valence-electron chi connectivity index (χ0n) is 10.9. The predicted molar refractivity (Wildman–Crippen MR) is 66.2 cm³/mol. The minimum atomic E-state index is -0.479. The number of aliphatic hydroxyl groups excluding tert-OH is 1. The molecule has 0 spiro atoms. The molecule has 0 atom stereocenters. The summed E-state index contributed by atoms with van der Waals surface area (Å²) < 4.78 is 4.89. The lowest BCUT2D eigenvalue weighted by Crippen LogP contribution is -2.53. The second-order valence-corrected chi connectivity index (χ2v) is 5.37. The van der Waals surface area contributed by atoms with Crippen LogP contribution in [0, 0.1) is 12.8 Å². The number of nitrogens with zero attached hydrogens (tertiary/aromatic N) is 1. The molecule has 0 saturated heterocycles. The van der Waals surface area contributed by atoms with Crippen molar-refractivity contribution in [2.24, 2.45) is 5.92 Å². The van der Waals surface area contributed by atoms with Crippen molar-refractivity contribution in [1.82, 2.24) is 10.5 Å². The lowest BCUT2D eigenvalue weighted by Gasteiger charge is -2.38. The SMILES string of the molecule is Cc1oncc1C(=O)NC1(CO)CCC(C)CC1. The van der Waals surface area contributed by atoms with E-state index in [4.69, 9.17) is 4.52 Å². The van der Waals surface area contributed by atoms with E-state index in [0.29, 0.717) is 17.2 Å². The second-order valence-electron chi connectivity index (χ2n) is 5.37. The average Bonchev–Trinajstić information content (AvgIpc) is 2.79. The fourth-order valence-electron chi connectivity index (χ4n) is 2.46. The minimum absolute atomic E-state index is 0.0181. The number of aryl methyl sites for hydroxylation is 1. The second kappa shape index (κ2) is 5.10. The van der Waals surface area contributed by atoms with Gasteiger partial charge < -0.3 is 14.9 Å². The van der Waals surface area contributed by atoms with Crippen molar-refractivity contribution < 1.29 is 14.4 Å². The van der Waals surface area contributed by atoms with Gasteiger partial charge in [0.05, 0.1) is 18.3 Å². The summed E-state index contributed by atoms with van der Waals surface area (Å²) in [6, 6.07) is 0. The van der Waals surface area contributed by atoms with Gasteiger partial charge in [-0.05, 0) is 38.5 Å². The number of carbonyl (C=O) groups excluding carboxylic acids is 1. The molecule has 18 heavy (non-hydrogen) atoms. The smallest absolute Gasteiger partial charge is 0.257 e. The standard InChI is InChI=1S/C13H20N2O3/c1-9-3-5-13(8-16,6-4-9)15-12(17)11-7-14-18-10(11)2/h7,9,16H,3-6,8H2,1-2H3,(H,15,17). The highest BCUT2D eigenvalue weighted by Gasteiger charge is 2.35. The molecule has 100 valence electrons. The van der Waals surface area contributed by atoms with Crippen LogP contribution >= 0.6 is 0 Å². The fourth-order valence-corrected chi connectivity index (χ4v) is 2.46. The molecular weight excluding hydrogens is 232 g/mol. The number of hydrogen-bond acceptors (Lipinski definition) is 4. The molecule has 0 unspecified atom stereocenters. The van der Waals surface area contributed by atoms with Crippen LogP contribution in [0.2, 0.25) is 0 Å². The number of aromatic nitrogens is 1. The quantitative estimate of drug-likeness (QED) is 0.857. The van der Waals surface area contributed by atoms with Gasteiger partial charge in [0.2, 0.25) is 0 Å². The van der Waals surface area contributed by atoms with Gasteiger partial charge in [0.1, 0.15) is 11.3 Å². The summed E-state index contributed by atoms with van der Waals surface area (Å²) in [6.45, 7) is 3.89. The molecule has 0 bridgehead atoms. The van der Waals surface area contributed by atoms with E-state index in [9.17, 15) is 9.90 Å². The Morgan fingerprint density at radius 2 is 2.28 bits per heavy atom. The van der Waals surface area contributed by atoms with E-state index in [1.54, 1.807) is 6.92 Å². The first kappa shape index (κ1) is 13.1. The Hall–Kier alpha value is -1.36. The van der Waals surface area contributed by atoms with Crippen LogP contribution in [0.15, 0.2) is 10.7 Å². The lowest BCUT2D eigenvalue weighted by atomic mass is 9.77. The van der Waals surface area contributed by atoms with Crippen LogP contribution in [0.1, 0.15) is 48.7 Å². The first-order chi connectivity index (χ1) is 8.56. The third kappa shape index (κ3) is 2.56. The molecule has 1 aliphatic carbocycles. The number of aliphatic hydroxyl groups is 1. The topological polar surface area (TPSA) is 75.4 Å². The number of hydrogen-bond donors (Lipinski definition) is 2. The zero-order valence-corrected chi connectivity index (χ0v) is 10.9. The lowest BCUT2D eigenvalue weighted by molar-refractivity contribution is 0.0716. The monoisotopic (exact) mass is 252 g/mol. The molecule has 2 rings (SSSR count). The van der Waals surface area contributed by atoms with Crippen LogP contribution < -0.4 is 5.32 Å². The van der Waals surface area contributed by atoms with Crippen LogP contribution in [0.5, 0.6) is 0 Å². The Labute approximate surface area is 107 Å². The molecule has 1 aliphatic rings. The Morgan fingerprint density at radius 1 is 1.61 bits per heavy atom. The van der Waals surface area contributed by atoms with Crippen molar-refractivity contribution in [3.05, 3.63) is 17.5 Å². The minimum Gasteiger partial charge on any atom is -0.394 e. The summed E-state index contributed by atoms with van der Waals surface area (Å²) in [5, 5.41) is 16.1. The van der Waals surface area contributed by atoms with Gasteiger partial charge in [-0.15, -0.1) is 0 Å². The average molecular weight is 252 g/mol. The highest BCUT2D eigenvalue weighted by Crippen LogP contribution is 2.31. The summed E-state index contributed by atoms with van der Waals surface area (Å²) in [6.07, 6.45) is 5.12. The van der Waals surface area contributed by atoms with Crippen molar-refractivity contribution in [2.45, 2.75) is 45.1 Å². The van der Waals surface area contributed by atoms with Crippen LogP contribution in [-0.2, 0) is 0 Å². The van der Waals surface area contributed by atoms with Gasteiger partial charge in [0.15, 0.2) is 0 Å². The molecule has 1 aromatic rings. The van der Waals surface area contributed by atoms with Crippen LogP contribution in [0.3, 0.4) is 0 Å². The third-order valence-electron chi connectivity index (χ3n) is 3.91. The van der Waals surface area contributed by atoms with Gasteiger partial charge in [-0.25, -0.2) is 0 Å². The molecule has 1 heterocycles. The number of carbonyl (C=O) groups is 1. The van der Waals surface area contributed by atoms with Gasteiger partial charge in [0.25, 0.3) is 5.91 Å². The van der Waals surface area contributed by atoms with E-state index in [1.165, 1.54) is 6.20 Å².